The topological polar surface area (TPSA) is 93.3 Å². The van der Waals surface area contributed by atoms with Crippen molar-refractivity contribution in [1.29, 1.82) is 0 Å². The molecule has 1 heterocycles. The molecule has 0 spiro atoms. The maximum absolute atomic E-state index is 10.0. The van der Waals surface area contributed by atoms with Crippen LogP contribution in [0.3, 0.4) is 0 Å². The number of methoxy groups -OCH3 is 1. The first-order valence-electron chi connectivity index (χ1n) is 5.83. The molecule has 4 N–H and O–H groups in total. The maximum Gasteiger partial charge on any atom is 0.203 e. The summed E-state index contributed by atoms with van der Waals surface area (Å²) >= 11 is 0. The molecule has 2 rings (SSSR count). The Hall–Kier alpha value is -2.34. The summed E-state index contributed by atoms with van der Waals surface area (Å²) in [5.41, 5.74) is 6.50. The van der Waals surface area contributed by atoms with E-state index in [-0.39, 0.29) is 5.82 Å². The molecule has 1 aromatic carbocycles. The maximum atomic E-state index is 10.0. The fourth-order valence-corrected chi connectivity index (χ4v) is 1.70. The molecule has 2 aromatic rings. The van der Waals surface area contributed by atoms with Gasteiger partial charge in [0.1, 0.15) is 6.33 Å². The Balaban J connectivity index is 2.05. The molecule has 1 unspecified atom stereocenters. The Morgan fingerprint density at radius 2 is 2.05 bits per heavy atom. The van der Waals surface area contributed by atoms with Crippen LogP contribution in [-0.2, 0) is 0 Å². The summed E-state index contributed by atoms with van der Waals surface area (Å²) in [6.07, 6.45) is 0.705. The van der Waals surface area contributed by atoms with Crippen molar-refractivity contribution in [2.45, 2.75) is 6.10 Å². The van der Waals surface area contributed by atoms with Crippen LogP contribution in [0.15, 0.2) is 36.7 Å². The highest BCUT2D eigenvalue weighted by Gasteiger charge is 2.12. The number of nitrogens with zero attached hydrogens (tertiary/aromatic N) is 2. The van der Waals surface area contributed by atoms with Gasteiger partial charge in [-0.3, -0.25) is 0 Å². The molecule has 100 valence electrons. The molecule has 1 aromatic heterocycles. The van der Waals surface area contributed by atoms with Crippen molar-refractivity contribution >= 4 is 11.6 Å². The van der Waals surface area contributed by atoms with E-state index in [1.807, 2.05) is 30.3 Å². The highest BCUT2D eigenvalue weighted by Crippen LogP contribution is 2.26. The van der Waals surface area contributed by atoms with E-state index in [2.05, 4.69) is 15.3 Å². The third kappa shape index (κ3) is 3.11. The number of aromatic nitrogens is 2. The zero-order chi connectivity index (χ0) is 13.7. The lowest BCUT2D eigenvalue weighted by Crippen LogP contribution is -2.14. The van der Waals surface area contributed by atoms with Gasteiger partial charge in [-0.1, -0.05) is 30.3 Å². The van der Waals surface area contributed by atoms with E-state index in [0.29, 0.717) is 18.1 Å². The van der Waals surface area contributed by atoms with Gasteiger partial charge in [0, 0.05) is 6.54 Å². The zero-order valence-electron chi connectivity index (χ0n) is 10.6. The number of ether oxygens (including phenoxy) is 1. The van der Waals surface area contributed by atoms with E-state index in [9.17, 15) is 5.11 Å². The smallest absolute Gasteiger partial charge is 0.203 e. The molecule has 0 saturated carbocycles. The Kier molecular flexibility index (Phi) is 4.15. The lowest BCUT2D eigenvalue weighted by atomic mass is 10.1. The predicted molar refractivity (Wildman–Crippen MR) is 72.9 cm³/mol. The molecular formula is C13H16N4O2. The van der Waals surface area contributed by atoms with Gasteiger partial charge >= 0.3 is 0 Å². The summed E-state index contributed by atoms with van der Waals surface area (Å²) in [5, 5.41) is 13.0. The van der Waals surface area contributed by atoms with E-state index in [0.717, 1.165) is 5.56 Å². The van der Waals surface area contributed by atoms with Gasteiger partial charge in [-0.05, 0) is 5.56 Å². The van der Waals surface area contributed by atoms with E-state index in [4.69, 9.17) is 10.5 Å². The molecule has 19 heavy (non-hydrogen) atoms. The molecule has 6 heteroatoms. The van der Waals surface area contributed by atoms with Gasteiger partial charge < -0.3 is 20.9 Å². The fraction of sp³-hybridized carbons (Fsp3) is 0.231. The van der Waals surface area contributed by atoms with Crippen LogP contribution in [-0.4, -0.2) is 28.7 Å². The first-order chi connectivity index (χ1) is 9.22. The summed E-state index contributed by atoms with van der Waals surface area (Å²) in [6, 6.07) is 9.37. The van der Waals surface area contributed by atoms with Crippen LogP contribution in [0, 0.1) is 0 Å². The number of hydrogen-bond acceptors (Lipinski definition) is 6. The van der Waals surface area contributed by atoms with Crippen molar-refractivity contribution in [1.82, 2.24) is 9.97 Å². The standard InChI is InChI=1S/C13H16N4O2/c1-19-11-12(14)16-8-17-13(11)15-7-10(18)9-5-3-2-4-6-9/h2-6,8,10,18H,7H2,1H3,(H3,14,15,16,17). The summed E-state index contributed by atoms with van der Waals surface area (Å²) in [5.74, 6) is 1.10. The Labute approximate surface area is 111 Å². The minimum Gasteiger partial charge on any atom is -0.490 e. The van der Waals surface area contributed by atoms with E-state index < -0.39 is 6.10 Å². The molecular weight excluding hydrogens is 244 g/mol. The summed E-state index contributed by atoms with van der Waals surface area (Å²) in [4.78, 5) is 7.87. The molecule has 0 bridgehead atoms. The third-order valence-electron chi connectivity index (χ3n) is 2.68. The second kappa shape index (κ2) is 6.01. The SMILES string of the molecule is COc1c(N)ncnc1NCC(O)c1ccccc1. The quantitative estimate of drug-likeness (QED) is 0.748. The van der Waals surface area contributed by atoms with Crippen LogP contribution in [0.5, 0.6) is 5.75 Å². The second-order valence-corrected chi connectivity index (χ2v) is 3.95. The van der Waals surface area contributed by atoms with Crippen molar-refractivity contribution < 1.29 is 9.84 Å². The van der Waals surface area contributed by atoms with Crippen LogP contribution >= 0.6 is 0 Å². The number of aliphatic hydroxyl groups excluding tert-OH is 1. The highest BCUT2D eigenvalue weighted by atomic mass is 16.5. The Morgan fingerprint density at radius 1 is 1.32 bits per heavy atom. The van der Waals surface area contributed by atoms with Crippen molar-refractivity contribution in [3.8, 4) is 5.75 Å². The molecule has 0 radical (unpaired) electrons. The van der Waals surface area contributed by atoms with Crippen LogP contribution in [0.25, 0.3) is 0 Å². The summed E-state index contributed by atoms with van der Waals surface area (Å²) in [6.45, 7) is 0.302. The van der Waals surface area contributed by atoms with E-state index >= 15 is 0 Å². The van der Waals surface area contributed by atoms with Crippen molar-refractivity contribution in [3.05, 3.63) is 42.2 Å². The Morgan fingerprint density at radius 3 is 2.74 bits per heavy atom. The normalized spacial score (nSPS) is 11.9. The average molecular weight is 260 g/mol. The number of nitrogen functional groups attached to an aromatic ring is 1. The molecule has 0 fully saturated rings. The van der Waals surface area contributed by atoms with Crippen molar-refractivity contribution in [2.75, 3.05) is 24.7 Å². The first-order valence-corrected chi connectivity index (χ1v) is 5.83. The largest absolute Gasteiger partial charge is 0.490 e. The van der Waals surface area contributed by atoms with Gasteiger partial charge in [0.05, 0.1) is 13.2 Å². The van der Waals surface area contributed by atoms with Gasteiger partial charge in [-0.25, -0.2) is 9.97 Å². The summed E-state index contributed by atoms with van der Waals surface area (Å²) < 4.78 is 5.12. The first kappa shape index (κ1) is 13.1. The predicted octanol–water partition coefficient (Wildman–Crippen LogP) is 1.21. The van der Waals surface area contributed by atoms with E-state index in [1.54, 1.807) is 0 Å². The lowest BCUT2D eigenvalue weighted by molar-refractivity contribution is 0.191. The third-order valence-corrected chi connectivity index (χ3v) is 2.68. The number of rotatable bonds is 5. The molecule has 0 aliphatic carbocycles. The van der Waals surface area contributed by atoms with E-state index in [1.165, 1.54) is 13.4 Å². The summed E-state index contributed by atoms with van der Waals surface area (Å²) in [7, 11) is 1.49. The molecule has 6 nitrogen and oxygen atoms in total. The fourth-order valence-electron chi connectivity index (χ4n) is 1.70. The number of nitrogens with two attached hydrogens (primary N) is 1. The second-order valence-electron chi connectivity index (χ2n) is 3.95. The van der Waals surface area contributed by atoms with Crippen LogP contribution in [0.1, 0.15) is 11.7 Å². The van der Waals surface area contributed by atoms with Gasteiger partial charge in [-0.15, -0.1) is 0 Å². The zero-order valence-corrected chi connectivity index (χ0v) is 10.6. The van der Waals surface area contributed by atoms with Gasteiger partial charge in [0.25, 0.3) is 0 Å². The van der Waals surface area contributed by atoms with Crippen LogP contribution < -0.4 is 15.8 Å². The van der Waals surface area contributed by atoms with Gasteiger partial charge in [0.2, 0.25) is 5.75 Å². The lowest BCUT2D eigenvalue weighted by Gasteiger charge is -2.14. The number of hydrogen-bond donors (Lipinski definition) is 3. The molecule has 0 aliphatic rings. The van der Waals surface area contributed by atoms with Gasteiger partial charge in [0.15, 0.2) is 11.6 Å². The van der Waals surface area contributed by atoms with Crippen molar-refractivity contribution in [3.63, 3.8) is 0 Å². The van der Waals surface area contributed by atoms with Crippen molar-refractivity contribution in [2.24, 2.45) is 0 Å². The molecule has 1 atom stereocenters. The number of nitrogens with one attached hydrogen (secondary N) is 1. The monoisotopic (exact) mass is 260 g/mol. The highest BCUT2D eigenvalue weighted by molar-refractivity contribution is 5.61. The molecule has 0 amide bonds. The number of aliphatic hydroxyl groups is 1. The van der Waals surface area contributed by atoms with Crippen LogP contribution in [0.2, 0.25) is 0 Å². The van der Waals surface area contributed by atoms with Gasteiger partial charge in [-0.2, -0.15) is 0 Å². The molecule has 0 saturated heterocycles. The number of anilines is 2. The van der Waals surface area contributed by atoms with Crippen LogP contribution in [0.4, 0.5) is 11.6 Å². The average Bonchev–Trinajstić information content (AvgIpc) is 2.45. The molecule has 0 aliphatic heterocycles. The minimum atomic E-state index is -0.637. The minimum absolute atomic E-state index is 0.259. The Bertz CT molecular complexity index is 533. The number of benzene rings is 1.